The molecular formula is C13H20N6OS. The molecule has 1 aliphatic rings. The molecule has 8 heteroatoms. The van der Waals surface area contributed by atoms with Gasteiger partial charge in [0.2, 0.25) is 9.97 Å². The molecule has 3 rings (SSSR count). The van der Waals surface area contributed by atoms with E-state index in [1.54, 1.807) is 4.52 Å². The first-order valence-electron chi connectivity index (χ1n) is 7.34. The number of carbonyl (C=O) groups excluding carboxylic acids is 1. The summed E-state index contributed by atoms with van der Waals surface area (Å²) in [6.45, 7) is 10.7. The van der Waals surface area contributed by atoms with E-state index in [0.717, 1.165) is 38.5 Å². The lowest BCUT2D eigenvalue weighted by atomic mass is 10.2. The monoisotopic (exact) mass is 308 g/mol. The quantitative estimate of drug-likeness (QED) is 0.849. The average Bonchev–Trinajstić information content (AvgIpc) is 3.06. The maximum absolute atomic E-state index is 12.5. The highest BCUT2D eigenvalue weighted by atomic mass is 32.1. The van der Waals surface area contributed by atoms with E-state index in [2.05, 4.69) is 27.1 Å². The number of piperazine rings is 1. The molecule has 0 radical (unpaired) electrons. The summed E-state index contributed by atoms with van der Waals surface area (Å²) >= 11 is 1.32. The van der Waals surface area contributed by atoms with E-state index in [-0.39, 0.29) is 11.8 Å². The first-order valence-corrected chi connectivity index (χ1v) is 8.15. The second-order valence-corrected chi connectivity index (χ2v) is 6.50. The van der Waals surface area contributed by atoms with Crippen LogP contribution in [0.1, 0.15) is 42.3 Å². The second kappa shape index (κ2) is 5.69. The van der Waals surface area contributed by atoms with Crippen LogP contribution in [0.3, 0.4) is 0 Å². The molecule has 114 valence electrons. The maximum atomic E-state index is 12.5. The van der Waals surface area contributed by atoms with E-state index >= 15 is 0 Å². The number of likely N-dealkylation sites (N-methyl/N-ethyl adjacent to an activating group) is 1. The minimum Gasteiger partial charge on any atom is -0.334 e. The minimum absolute atomic E-state index is 0.0101. The number of nitrogens with zero attached hydrogens (tertiary/aromatic N) is 6. The van der Waals surface area contributed by atoms with Gasteiger partial charge in [-0.05, 0) is 6.54 Å². The molecule has 1 aliphatic heterocycles. The summed E-state index contributed by atoms with van der Waals surface area (Å²) in [6.07, 6.45) is 0. The Morgan fingerprint density at radius 3 is 2.57 bits per heavy atom. The highest BCUT2D eigenvalue weighted by Crippen LogP contribution is 2.20. The Bertz CT molecular complexity index is 640. The van der Waals surface area contributed by atoms with Gasteiger partial charge >= 0.3 is 0 Å². The summed E-state index contributed by atoms with van der Waals surface area (Å²) in [7, 11) is 0. The fraction of sp³-hybridized carbons (Fsp3) is 0.692. The van der Waals surface area contributed by atoms with Gasteiger partial charge < -0.3 is 9.80 Å². The van der Waals surface area contributed by atoms with Crippen LogP contribution in [0.15, 0.2) is 0 Å². The highest BCUT2D eigenvalue weighted by Gasteiger charge is 2.25. The first kappa shape index (κ1) is 14.4. The van der Waals surface area contributed by atoms with Crippen LogP contribution >= 0.6 is 11.3 Å². The van der Waals surface area contributed by atoms with Crippen LogP contribution in [0.25, 0.3) is 4.96 Å². The largest absolute Gasteiger partial charge is 0.334 e. The summed E-state index contributed by atoms with van der Waals surface area (Å²) in [4.78, 5) is 17.5. The predicted octanol–water partition coefficient (Wildman–Crippen LogP) is 1.09. The van der Waals surface area contributed by atoms with Gasteiger partial charge in [-0.25, -0.2) is 0 Å². The fourth-order valence-electron chi connectivity index (χ4n) is 2.48. The van der Waals surface area contributed by atoms with Crippen LogP contribution in [0.5, 0.6) is 0 Å². The van der Waals surface area contributed by atoms with Crippen LogP contribution in [-0.2, 0) is 0 Å². The van der Waals surface area contributed by atoms with E-state index in [1.165, 1.54) is 11.3 Å². The standard InChI is InChI=1S/C13H20N6OS/c1-4-17-5-7-18(8-6-17)12(20)11-16-19-10(9(2)3)14-15-13(19)21-11/h9H,4-8H2,1-3H3. The minimum atomic E-state index is 0.0101. The molecule has 0 saturated carbocycles. The molecule has 3 heterocycles. The number of fused-ring (bicyclic) bond motifs is 1. The molecule has 0 N–H and O–H groups in total. The smallest absolute Gasteiger partial charge is 0.284 e. The number of aromatic nitrogens is 4. The van der Waals surface area contributed by atoms with Crippen LogP contribution < -0.4 is 0 Å². The van der Waals surface area contributed by atoms with Crippen molar-refractivity contribution in [2.45, 2.75) is 26.7 Å². The van der Waals surface area contributed by atoms with Crippen LogP contribution in [0, 0.1) is 0 Å². The van der Waals surface area contributed by atoms with Gasteiger partial charge in [-0.1, -0.05) is 32.1 Å². The molecule has 2 aromatic rings. The zero-order valence-electron chi connectivity index (χ0n) is 12.6. The van der Waals surface area contributed by atoms with Crippen molar-refractivity contribution in [3.63, 3.8) is 0 Å². The molecule has 1 fully saturated rings. The molecule has 2 aromatic heterocycles. The summed E-state index contributed by atoms with van der Waals surface area (Å²) in [5, 5.41) is 13.1. The van der Waals surface area contributed by atoms with Gasteiger partial charge in [0, 0.05) is 32.1 Å². The lowest BCUT2D eigenvalue weighted by Gasteiger charge is -2.33. The normalized spacial score (nSPS) is 17.0. The molecule has 0 spiro atoms. The third kappa shape index (κ3) is 2.65. The van der Waals surface area contributed by atoms with Gasteiger partial charge in [0.15, 0.2) is 5.82 Å². The van der Waals surface area contributed by atoms with Crippen LogP contribution in [-0.4, -0.2) is 68.2 Å². The van der Waals surface area contributed by atoms with Crippen molar-refractivity contribution in [3.05, 3.63) is 10.8 Å². The third-order valence-corrected chi connectivity index (χ3v) is 4.71. The van der Waals surface area contributed by atoms with Gasteiger partial charge in [-0.3, -0.25) is 4.79 Å². The summed E-state index contributed by atoms with van der Waals surface area (Å²) < 4.78 is 1.70. The molecule has 0 atom stereocenters. The third-order valence-electron chi connectivity index (χ3n) is 3.82. The maximum Gasteiger partial charge on any atom is 0.284 e. The first-order chi connectivity index (χ1) is 10.1. The lowest BCUT2D eigenvalue weighted by molar-refractivity contribution is 0.0642. The van der Waals surface area contributed by atoms with Crippen molar-refractivity contribution in [2.24, 2.45) is 0 Å². The predicted molar refractivity (Wildman–Crippen MR) is 80.8 cm³/mol. The average molecular weight is 308 g/mol. The number of hydrogen-bond donors (Lipinski definition) is 0. The van der Waals surface area contributed by atoms with Crippen molar-refractivity contribution in [1.29, 1.82) is 0 Å². The molecule has 1 amide bonds. The van der Waals surface area contributed by atoms with Crippen molar-refractivity contribution in [3.8, 4) is 0 Å². The molecule has 0 unspecified atom stereocenters. The molecule has 7 nitrogen and oxygen atoms in total. The van der Waals surface area contributed by atoms with Gasteiger partial charge in [-0.15, -0.1) is 15.3 Å². The fourth-order valence-corrected chi connectivity index (χ4v) is 3.30. The zero-order chi connectivity index (χ0) is 15.0. The highest BCUT2D eigenvalue weighted by molar-refractivity contribution is 7.18. The van der Waals surface area contributed by atoms with Crippen molar-refractivity contribution in [1.82, 2.24) is 29.6 Å². The van der Waals surface area contributed by atoms with Crippen LogP contribution in [0.4, 0.5) is 0 Å². The van der Waals surface area contributed by atoms with Gasteiger partial charge in [0.1, 0.15) is 0 Å². The number of rotatable bonds is 3. The Hall–Kier alpha value is -1.54. The van der Waals surface area contributed by atoms with Gasteiger partial charge in [0.25, 0.3) is 5.91 Å². The zero-order valence-corrected chi connectivity index (χ0v) is 13.4. The summed E-state index contributed by atoms with van der Waals surface area (Å²) in [5.74, 6) is 1.05. The van der Waals surface area contributed by atoms with E-state index < -0.39 is 0 Å². The number of amides is 1. The van der Waals surface area contributed by atoms with E-state index in [0.29, 0.717) is 9.97 Å². The Kier molecular flexibility index (Phi) is 3.90. The number of carbonyl (C=O) groups is 1. The number of hydrogen-bond acceptors (Lipinski definition) is 6. The molecule has 0 aliphatic carbocycles. The SMILES string of the molecule is CCN1CCN(C(=O)c2nn3c(C(C)C)nnc3s2)CC1. The molecular weight excluding hydrogens is 288 g/mol. The van der Waals surface area contributed by atoms with E-state index in [1.807, 2.05) is 18.7 Å². The topological polar surface area (TPSA) is 66.6 Å². The molecule has 0 bridgehead atoms. The Morgan fingerprint density at radius 2 is 1.95 bits per heavy atom. The van der Waals surface area contributed by atoms with E-state index in [4.69, 9.17) is 0 Å². The van der Waals surface area contributed by atoms with Crippen molar-refractivity contribution >= 4 is 22.2 Å². The molecule has 1 saturated heterocycles. The van der Waals surface area contributed by atoms with E-state index in [9.17, 15) is 4.79 Å². The molecule has 0 aromatic carbocycles. The molecule has 21 heavy (non-hydrogen) atoms. The lowest BCUT2D eigenvalue weighted by Crippen LogP contribution is -2.48. The van der Waals surface area contributed by atoms with Gasteiger partial charge in [-0.2, -0.15) is 4.52 Å². The summed E-state index contributed by atoms with van der Waals surface area (Å²) in [6, 6.07) is 0. The van der Waals surface area contributed by atoms with Crippen molar-refractivity contribution < 1.29 is 4.79 Å². The summed E-state index contributed by atoms with van der Waals surface area (Å²) in [5.41, 5.74) is 0. The van der Waals surface area contributed by atoms with Gasteiger partial charge in [0.05, 0.1) is 0 Å². The second-order valence-electron chi connectivity index (χ2n) is 5.54. The Balaban J connectivity index is 1.79. The Labute approximate surface area is 127 Å². The Morgan fingerprint density at radius 1 is 1.24 bits per heavy atom. The van der Waals surface area contributed by atoms with Crippen molar-refractivity contribution in [2.75, 3.05) is 32.7 Å². The van der Waals surface area contributed by atoms with Crippen LogP contribution in [0.2, 0.25) is 0 Å².